The Morgan fingerprint density at radius 2 is 2.10 bits per heavy atom. The van der Waals surface area contributed by atoms with Crippen molar-refractivity contribution >= 4 is 11.7 Å². The van der Waals surface area contributed by atoms with Crippen LogP contribution in [0.15, 0.2) is 29.4 Å². The molecule has 0 atom stereocenters. The number of benzene rings is 1. The van der Waals surface area contributed by atoms with Gasteiger partial charge in [0.1, 0.15) is 11.4 Å². The minimum Gasteiger partial charge on any atom is -0.461 e. The van der Waals surface area contributed by atoms with Gasteiger partial charge in [-0.2, -0.15) is 0 Å². The molecule has 0 saturated heterocycles. The Bertz CT molecular complexity index is 536. The fourth-order valence-corrected chi connectivity index (χ4v) is 2.41. The Balaban J connectivity index is 2.25. The van der Waals surface area contributed by atoms with Crippen LogP contribution in [0.2, 0.25) is 0 Å². The molecule has 0 unspecified atom stereocenters. The lowest BCUT2D eigenvalue weighted by atomic mass is 10.1. The van der Waals surface area contributed by atoms with Gasteiger partial charge in [-0.05, 0) is 51.7 Å². The van der Waals surface area contributed by atoms with Crippen molar-refractivity contribution in [2.24, 2.45) is 5.16 Å². The molecule has 2 rings (SSSR count). The molecule has 0 radical (unpaired) electrons. The summed E-state index contributed by atoms with van der Waals surface area (Å²) in [6, 6.07) is 5.69. The summed E-state index contributed by atoms with van der Waals surface area (Å²) in [5.41, 5.74) is 0.00459. The number of esters is 1. The first-order valence-electron chi connectivity index (χ1n) is 7.23. The van der Waals surface area contributed by atoms with Gasteiger partial charge < -0.3 is 9.57 Å². The van der Waals surface area contributed by atoms with Crippen LogP contribution in [0.3, 0.4) is 0 Å². The zero-order chi connectivity index (χ0) is 15.3. The monoisotopic (exact) mass is 293 g/mol. The van der Waals surface area contributed by atoms with E-state index in [9.17, 15) is 9.18 Å². The lowest BCUT2D eigenvalue weighted by molar-refractivity contribution is -0.135. The van der Waals surface area contributed by atoms with E-state index in [-0.39, 0.29) is 17.9 Å². The Kier molecular flexibility index (Phi) is 4.94. The SMILES string of the molecule is CCOC(=O)C(=NOC1(C)CCCC1)c1cccc(F)c1. The molecule has 1 fully saturated rings. The average Bonchev–Trinajstić information content (AvgIpc) is 2.86. The summed E-state index contributed by atoms with van der Waals surface area (Å²) in [6.45, 7) is 3.91. The number of hydrogen-bond donors (Lipinski definition) is 0. The molecule has 5 heteroatoms. The fraction of sp³-hybridized carbons (Fsp3) is 0.500. The van der Waals surface area contributed by atoms with E-state index in [0.717, 1.165) is 25.7 Å². The molecule has 0 amide bonds. The number of carbonyl (C=O) groups excluding carboxylic acids is 1. The van der Waals surface area contributed by atoms with E-state index in [1.54, 1.807) is 13.0 Å². The third-order valence-corrected chi connectivity index (χ3v) is 3.59. The second kappa shape index (κ2) is 6.70. The van der Waals surface area contributed by atoms with Crippen LogP contribution >= 0.6 is 0 Å². The molecule has 0 N–H and O–H groups in total. The third kappa shape index (κ3) is 4.03. The maximum atomic E-state index is 13.3. The van der Waals surface area contributed by atoms with Crippen molar-refractivity contribution in [3.63, 3.8) is 0 Å². The van der Waals surface area contributed by atoms with E-state index in [4.69, 9.17) is 9.57 Å². The van der Waals surface area contributed by atoms with Gasteiger partial charge in [-0.3, -0.25) is 0 Å². The van der Waals surface area contributed by atoms with Crippen molar-refractivity contribution < 1.29 is 18.8 Å². The highest BCUT2D eigenvalue weighted by Crippen LogP contribution is 2.32. The van der Waals surface area contributed by atoms with Gasteiger partial charge in [0.15, 0.2) is 5.71 Å². The lowest BCUT2D eigenvalue weighted by Crippen LogP contribution is -2.25. The highest BCUT2D eigenvalue weighted by atomic mass is 19.1. The van der Waals surface area contributed by atoms with Crippen molar-refractivity contribution in [1.82, 2.24) is 0 Å². The largest absolute Gasteiger partial charge is 0.461 e. The minimum absolute atomic E-state index is 0.00414. The first-order chi connectivity index (χ1) is 10.0. The molecule has 21 heavy (non-hydrogen) atoms. The third-order valence-electron chi connectivity index (χ3n) is 3.59. The van der Waals surface area contributed by atoms with Crippen LogP contribution in [-0.2, 0) is 14.4 Å². The van der Waals surface area contributed by atoms with E-state index in [1.807, 2.05) is 6.92 Å². The zero-order valence-corrected chi connectivity index (χ0v) is 12.4. The van der Waals surface area contributed by atoms with Crippen LogP contribution in [0.1, 0.15) is 45.1 Å². The zero-order valence-electron chi connectivity index (χ0n) is 12.4. The van der Waals surface area contributed by atoms with Crippen molar-refractivity contribution in [3.05, 3.63) is 35.6 Å². The van der Waals surface area contributed by atoms with E-state index in [0.29, 0.717) is 5.56 Å². The number of rotatable bonds is 5. The summed E-state index contributed by atoms with van der Waals surface area (Å²) in [7, 11) is 0. The summed E-state index contributed by atoms with van der Waals surface area (Å²) in [6.07, 6.45) is 3.97. The first kappa shape index (κ1) is 15.5. The van der Waals surface area contributed by atoms with Crippen LogP contribution in [0.4, 0.5) is 4.39 Å². The molecule has 4 nitrogen and oxygen atoms in total. The standard InChI is InChI=1S/C16H20FNO3/c1-3-20-15(19)14(12-7-6-8-13(17)11-12)18-21-16(2)9-4-5-10-16/h6-8,11H,3-5,9-10H2,1-2H3. The molecule has 1 aromatic carbocycles. The summed E-state index contributed by atoms with van der Waals surface area (Å²) in [5, 5.41) is 3.98. The molecule has 0 aliphatic heterocycles. The molecule has 0 bridgehead atoms. The molecule has 1 aromatic rings. The lowest BCUT2D eigenvalue weighted by Gasteiger charge is -2.21. The van der Waals surface area contributed by atoms with Gasteiger partial charge in [0.25, 0.3) is 0 Å². The van der Waals surface area contributed by atoms with Crippen molar-refractivity contribution in [2.45, 2.75) is 45.1 Å². The summed E-state index contributed by atoms with van der Waals surface area (Å²) in [5.74, 6) is -1.04. The smallest absolute Gasteiger partial charge is 0.361 e. The van der Waals surface area contributed by atoms with Gasteiger partial charge >= 0.3 is 5.97 Å². The summed E-state index contributed by atoms with van der Waals surface area (Å²) in [4.78, 5) is 17.6. The second-order valence-corrected chi connectivity index (χ2v) is 5.42. The normalized spacial score (nSPS) is 17.6. The second-order valence-electron chi connectivity index (χ2n) is 5.42. The Morgan fingerprint density at radius 1 is 1.38 bits per heavy atom. The van der Waals surface area contributed by atoms with Crippen LogP contribution in [0.5, 0.6) is 0 Å². The number of halogens is 1. The van der Waals surface area contributed by atoms with Crippen LogP contribution in [0, 0.1) is 5.82 Å². The number of oxime groups is 1. The van der Waals surface area contributed by atoms with E-state index in [2.05, 4.69) is 5.16 Å². The molecule has 1 saturated carbocycles. The molecular weight excluding hydrogens is 273 g/mol. The maximum absolute atomic E-state index is 13.3. The van der Waals surface area contributed by atoms with Gasteiger partial charge in [-0.1, -0.05) is 17.3 Å². The molecule has 1 aliphatic rings. The molecule has 0 spiro atoms. The van der Waals surface area contributed by atoms with Gasteiger partial charge in [0, 0.05) is 5.56 Å². The van der Waals surface area contributed by atoms with Crippen LogP contribution < -0.4 is 0 Å². The van der Waals surface area contributed by atoms with Crippen molar-refractivity contribution in [1.29, 1.82) is 0 Å². The Labute approximate surface area is 123 Å². The molecule has 1 aliphatic carbocycles. The molecule has 0 aromatic heterocycles. The fourth-order valence-electron chi connectivity index (χ4n) is 2.41. The van der Waals surface area contributed by atoms with Crippen LogP contribution in [-0.4, -0.2) is 23.9 Å². The quantitative estimate of drug-likeness (QED) is 0.474. The van der Waals surface area contributed by atoms with Gasteiger partial charge in [0.05, 0.1) is 6.61 Å². The number of carbonyl (C=O) groups is 1. The predicted octanol–water partition coefficient (Wildman–Crippen LogP) is 3.44. The molecule has 114 valence electrons. The number of ether oxygens (including phenoxy) is 1. The topological polar surface area (TPSA) is 47.9 Å². The van der Waals surface area contributed by atoms with E-state index in [1.165, 1.54) is 18.2 Å². The maximum Gasteiger partial charge on any atom is 0.361 e. The number of nitrogens with zero attached hydrogens (tertiary/aromatic N) is 1. The first-order valence-corrected chi connectivity index (χ1v) is 7.23. The predicted molar refractivity (Wildman–Crippen MR) is 77.5 cm³/mol. The Hall–Kier alpha value is -1.91. The molecular formula is C16H20FNO3. The summed E-state index contributed by atoms with van der Waals surface area (Å²) >= 11 is 0. The highest BCUT2D eigenvalue weighted by Gasteiger charge is 2.31. The van der Waals surface area contributed by atoms with Gasteiger partial charge in [-0.15, -0.1) is 0 Å². The van der Waals surface area contributed by atoms with Gasteiger partial charge in [-0.25, -0.2) is 9.18 Å². The van der Waals surface area contributed by atoms with Crippen LogP contribution in [0.25, 0.3) is 0 Å². The average molecular weight is 293 g/mol. The molecule has 0 heterocycles. The van der Waals surface area contributed by atoms with Crippen molar-refractivity contribution in [2.75, 3.05) is 6.61 Å². The van der Waals surface area contributed by atoms with E-state index < -0.39 is 11.8 Å². The van der Waals surface area contributed by atoms with Crippen molar-refractivity contribution in [3.8, 4) is 0 Å². The Morgan fingerprint density at radius 3 is 2.71 bits per heavy atom. The summed E-state index contributed by atoms with van der Waals surface area (Å²) < 4.78 is 18.3. The van der Waals surface area contributed by atoms with Gasteiger partial charge in [0.2, 0.25) is 0 Å². The highest BCUT2D eigenvalue weighted by molar-refractivity contribution is 6.43. The minimum atomic E-state index is -0.607. The van der Waals surface area contributed by atoms with E-state index >= 15 is 0 Å². The number of hydrogen-bond acceptors (Lipinski definition) is 4.